The molecule has 0 atom stereocenters. The Balaban J connectivity index is 2.42. The van der Waals surface area contributed by atoms with Crippen molar-refractivity contribution in [3.63, 3.8) is 0 Å². The molecule has 0 amide bonds. The Labute approximate surface area is 132 Å². The van der Waals surface area contributed by atoms with E-state index in [0.29, 0.717) is 5.69 Å². The van der Waals surface area contributed by atoms with Crippen molar-refractivity contribution in [1.82, 2.24) is 4.98 Å². The largest absolute Gasteiger partial charge is 0.469 e. The number of carbonyl (C=O) groups is 1. The highest BCUT2D eigenvalue weighted by Crippen LogP contribution is 2.26. The van der Waals surface area contributed by atoms with Crippen LogP contribution in [0.25, 0.3) is 0 Å². The van der Waals surface area contributed by atoms with Gasteiger partial charge in [-0.05, 0) is 19.1 Å². The minimum absolute atomic E-state index is 0.138. The number of anilines is 1. The van der Waals surface area contributed by atoms with E-state index in [1.54, 1.807) is 6.92 Å². The number of oxazole rings is 1. The molecule has 9 heteroatoms. The molecule has 1 aromatic carbocycles. The predicted octanol–water partition coefficient (Wildman–Crippen LogP) is 2.15. The van der Waals surface area contributed by atoms with Gasteiger partial charge in [-0.3, -0.25) is 4.79 Å². The third-order valence-corrected chi connectivity index (χ3v) is 4.51. The van der Waals surface area contributed by atoms with E-state index in [1.165, 1.54) is 31.6 Å². The molecule has 2 aromatic rings. The minimum atomic E-state index is -4.01. The van der Waals surface area contributed by atoms with Crippen molar-refractivity contribution in [3.8, 4) is 0 Å². The van der Waals surface area contributed by atoms with Crippen LogP contribution in [0.2, 0.25) is 5.02 Å². The van der Waals surface area contributed by atoms with E-state index >= 15 is 0 Å². The molecular formula is C13H13ClN2O5S. The van der Waals surface area contributed by atoms with Crippen LogP contribution >= 0.6 is 11.6 Å². The number of benzene rings is 1. The summed E-state index contributed by atoms with van der Waals surface area (Å²) in [7, 11) is -2.80. The van der Waals surface area contributed by atoms with E-state index in [9.17, 15) is 13.2 Å². The number of halogens is 1. The van der Waals surface area contributed by atoms with Gasteiger partial charge in [0.1, 0.15) is 6.26 Å². The Bertz CT molecular complexity index is 801. The number of methoxy groups -OCH3 is 1. The van der Waals surface area contributed by atoms with Crippen molar-refractivity contribution in [3.05, 3.63) is 40.7 Å². The first-order valence-corrected chi connectivity index (χ1v) is 7.99. The standard InChI is InChI=1S/C13H13ClN2O5S/c1-8-7-21-13(15-8)16-22(18,19)11-5-3-4-10(14)9(11)6-12(17)20-2/h3-5,7H,6H2,1-2H3,(H,15,16). The lowest BCUT2D eigenvalue weighted by Crippen LogP contribution is -2.17. The van der Waals surface area contributed by atoms with Crippen LogP contribution in [0.15, 0.2) is 33.8 Å². The molecule has 0 radical (unpaired) electrons. The summed E-state index contributed by atoms with van der Waals surface area (Å²) in [5.74, 6) is -0.600. The molecule has 0 aliphatic rings. The fraction of sp³-hybridized carbons (Fsp3) is 0.231. The van der Waals surface area contributed by atoms with E-state index in [0.717, 1.165) is 0 Å². The minimum Gasteiger partial charge on any atom is -0.469 e. The SMILES string of the molecule is COC(=O)Cc1c(Cl)cccc1S(=O)(=O)Nc1nc(C)co1. The molecule has 0 aliphatic heterocycles. The number of hydrogen-bond acceptors (Lipinski definition) is 6. The smallest absolute Gasteiger partial charge is 0.310 e. The van der Waals surface area contributed by atoms with Crippen molar-refractivity contribution < 1.29 is 22.4 Å². The monoisotopic (exact) mass is 344 g/mol. The summed E-state index contributed by atoms with van der Waals surface area (Å²) in [4.78, 5) is 15.2. The molecule has 0 bridgehead atoms. The van der Waals surface area contributed by atoms with Gasteiger partial charge in [-0.15, -0.1) is 0 Å². The molecule has 7 nitrogen and oxygen atoms in total. The molecule has 1 N–H and O–H groups in total. The number of hydrogen-bond donors (Lipinski definition) is 1. The van der Waals surface area contributed by atoms with Gasteiger partial charge in [0.15, 0.2) is 0 Å². The number of nitrogens with zero attached hydrogens (tertiary/aromatic N) is 1. The Morgan fingerprint density at radius 3 is 2.77 bits per heavy atom. The number of sulfonamides is 1. The van der Waals surface area contributed by atoms with Gasteiger partial charge in [0, 0.05) is 10.6 Å². The van der Waals surface area contributed by atoms with Crippen LogP contribution in [0.1, 0.15) is 11.3 Å². The van der Waals surface area contributed by atoms with E-state index in [2.05, 4.69) is 14.4 Å². The van der Waals surface area contributed by atoms with Gasteiger partial charge in [0.25, 0.3) is 10.0 Å². The van der Waals surface area contributed by atoms with E-state index in [-0.39, 0.29) is 27.9 Å². The van der Waals surface area contributed by atoms with Gasteiger partial charge >= 0.3 is 12.0 Å². The lowest BCUT2D eigenvalue weighted by atomic mass is 10.1. The van der Waals surface area contributed by atoms with E-state index < -0.39 is 16.0 Å². The zero-order valence-corrected chi connectivity index (χ0v) is 13.4. The molecule has 0 fully saturated rings. The number of aryl methyl sites for hydroxylation is 1. The van der Waals surface area contributed by atoms with Crippen LogP contribution in [0.5, 0.6) is 0 Å². The molecule has 1 aromatic heterocycles. The summed E-state index contributed by atoms with van der Waals surface area (Å²) in [5, 5.41) is 0.150. The molecule has 0 saturated carbocycles. The van der Waals surface area contributed by atoms with Crippen LogP contribution in [-0.4, -0.2) is 26.5 Å². The Kier molecular flexibility index (Phi) is 4.72. The number of ether oxygens (including phenoxy) is 1. The van der Waals surface area contributed by atoms with Crippen LogP contribution in [0.3, 0.4) is 0 Å². The fourth-order valence-electron chi connectivity index (χ4n) is 1.75. The second-order valence-electron chi connectivity index (χ2n) is 4.37. The van der Waals surface area contributed by atoms with Crippen LogP contribution in [-0.2, 0) is 26.0 Å². The molecule has 0 aliphatic carbocycles. The van der Waals surface area contributed by atoms with Crippen molar-refractivity contribution in [1.29, 1.82) is 0 Å². The quantitative estimate of drug-likeness (QED) is 0.834. The second kappa shape index (κ2) is 6.37. The lowest BCUT2D eigenvalue weighted by molar-refractivity contribution is -0.139. The summed E-state index contributed by atoms with van der Waals surface area (Å²) in [6, 6.07) is 4.14. The summed E-state index contributed by atoms with van der Waals surface area (Å²) in [5.41, 5.74) is 0.672. The molecule has 1 heterocycles. The Morgan fingerprint density at radius 2 is 2.18 bits per heavy atom. The average Bonchev–Trinajstić information content (AvgIpc) is 2.85. The van der Waals surface area contributed by atoms with Crippen molar-refractivity contribution in [2.24, 2.45) is 0 Å². The normalized spacial score (nSPS) is 11.2. The molecule has 0 unspecified atom stereocenters. The van der Waals surface area contributed by atoms with Gasteiger partial charge in [-0.1, -0.05) is 17.7 Å². The van der Waals surface area contributed by atoms with E-state index in [4.69, 9.17) is 16.0 Å². The van der Waals surface area contributed by atoms with Gasteiger partial charge in [0.2, 0.25) is 0 Å². The maximum atomic E-state index is 12.4. The van der Waals surface area contributed by atoms with Crippen LogP contribution < -0.4 is 4.72 Å². The number of carbonyl (C=O) groups excluding carboxylic acids is 1. The van der Waals surface area contributed by atoms with E-state index in [1.807, 2.05) is 0 Å². The molecular weight excluding hydrogens is 332 g/mol. The first-order chi connectivity index (χ1) is 10.3. The van der Waals surface area contributed by atoms with Gasteiger partial charge < -0.3 is 9.15 Å². The van der Waals surface area contributed by atoms with Gasteiger partial charge in [0.05, 0.1) is 24.1 Å². The molecule has 22 heavy (non-hydrogen) atoms. The first-order valence-electron chi connectivity index (χ1n) is 6.12. The molecule has 2 rings (SSSR count). The molecule has 118 valence electrons. The number of nitrogens with one attached hydrogen (secondary N) is 1. The highest BCUT2D eigenvalue weighted by molar-refractivity contribution is 7.92. The van der Waals surface area contributed by atoms with Crippen molar-refractivity contribution in [2.75, 3.05) is 11.8 Å². The van der Waals surface area contributed by atoms with Gasteiger partial charge in [-0.25, -0.2) is 13.1 Å². The maximum Gasteiger partial charge on any atom is 0.310 e. The first kappa shape index (κ1) is 16.3. The van der Waals surface area contributed by atoms with Crippen molar-refractivity contribution >= 4 is 33.6 Å². The Morgan fingerprint density at radius 1 is 1.45 bits per heavy atom. The highest BCUT2D eigenvalue weighted by Gasteiger charge is 2.24. The molecule has 0 saturated heterocycles. The number of aromatic nitrogens is 1. The highest BCUT2D eigenvalue weighted by atomic mass is 35.5. The van der Waals surface area contributed by atoms with Crippen LogP contribution in [0.4, 0.5) is 6.01 Å². The average molecular weight is 345 g/mol. The number of rotatable bonds is 5. The maximum absolute atomic E-state index is 12.4. The van der Waals surface area contributed by atoms with Gasteiger partial charge in [-0.2, -0.15) is 4.98 Å². The third kappa shape index (κ3) is 3.58. The van der Waals surface area contributed by atoms with Crippen molar-refractivity contribution in [2.45, 2.75) is 18.2 Å². The summed E-state index contributed by atoms with van der Waals surface area (Å²) < 4.78 is 36.6. The summed E-state index contributed by atoms with van der Waals surface area (Å²) in [6.45, 7) is 1.66. The Hall–Kier alpha value is -2.06. The molecule has 0 spiro atoms. The third-order valence-electron chi connectivity index (χ3n) is 2.75. The fourth-order valence-corrected chi connectivity index (χ4v) is 3.24. The number of esters is 1. The zero-order chi connectivity index (χ0) is 16.3. The topological polar surface area (TPSA) is 98.5 Å². The summed E-state index contributed by atoms with van der Waals surface area (Å²) in [6.07, 6.45) is 1.04. The van der Waals surface area contributed by atoms with Crippen LogP contribution in [0, 0.1) is 6.92 Å². The predicted molar refractivity (Wildman–Crippen MR) is 79.2 cm³/mol. The second-order valence-corrected chi connectivity index (χ2v) is 6.43. The summed E-state index contributed by atoms with van der Waals surface area (Å²) >= 11 is 6.00. The zero-order valence-electron chi connectivity index (χ0n) is 11.8. The lowest BCUT2D eigenvalue weighted by Gasteiger charge is -2.11.